The highest BCUT2D eigenvalue weighted by molar-refractivity contribution is 6.11. The number of ether oxygens (including phenoxy) is 3. The van der Waals surface area contributed by atoms with Gasteiger partial charge in [0.15, 0.2) is 17.3 Å². The average Bonchev–Trinajstić information content (AvgIpc) is 2.72. The van der Waals surface area contributed by atoms with E-state index >= 15 is 0 Å². The monoisotopic (exact) mass is 428 g/mol. The Hall–Kier alpha value is -3.02. The number of rotatable bonds is 11. The summed E-state index contributed by atoms with van der Waals surface area (Å²) in [6.07, 6.45) is 1.09. The summed E-state index contributed by atoms with van der Waals surface area (Å²) in [7, 11) is 0. The summed E-state index contributed by atoms with van der Waals surface area (Å²) < 4.78 is 16.7. The Morgan fingerprint density at radius 2 is 1.68 bits per heavy atom. The van der Waals surface area contributed by atoms with Gasteiger partial charge in [0.2, 0.25) is 0 Å². The molecule has 6 heteroatoms. The molecule has 0 bridgehead atoms. The molecule has 0 aromatic heterocycles. The van der Waals surface area contributed by atoms with Crippen LogP contribution in [0.4, 0.5) is 0 Å². The predicted octanol–water partition coefficient (Wildman–Crippen LogP) is 5.40. The van der Waals surface area contributed by atoms with Gasteiger partial charge < -0.3 is 19.3 Å². The first-order chi connectivity index (χ1) is 14.7. The molecule has 0 radical (unpaired) electrons. The smallest absolute Gasteiger partial charge is 0.311 e. The Bertz CT molecular complexity index is 901. The molecule has 1 N–H and O–H groups in total. The molecule has 0 aliphatic rings. The van der Waals surface area contributed by atoms with Gasteiger partial charge in [0.05, 0.1) is 18.8 Å². The lowest BCUT2D eigenvalue weighted by Gasteiger charge is -2.14. The highest BCUT2D eigenvalue weighted by Crippen LogP contribution is 2.32. The molecule has 0 spiro atoms. The molecular weight excluding hydrogens is 396 g/mol. The second-order valence-electron chi connectivity index (χ2n) is 8.23. The topological polar surface area (TPSA) is 82.1 Å². The lowest BCUT2D eigenvalue weighted by molar-refractivity contribution is -0.134. The van der Waals surface area contributed by atoms with E-state index in [1.54, 1.807) is 25.1 Å². The molecule has 0 aliphatic carbocycles. The third-order valence-corrected chi connectivity index (χ3v) is 4.47. The van der Waals surface area contributed by atoms with E-state index in [0.717, 1.165) is 6.42 Å². The number of carbonyl (C=O) groups is 2. The molecule has 0 aliphatic heterocycles. The molecule has 0 unspecified atom stereocenters. The molecular formula is C25H32O6. The van der Waals surface area contributed by atoms with Crippen molar-refractivity contribution in [3.63, 3.8) is 0 Å². The van der Waals surface area contributed by atoms with Crippen LogP contribution in [0.5, 0.6) is 23.0 Å². The zero-order valence-corrected chi connectivity index (χ0v) is 18.9. The molecule has 6 nitrogen and oxygen atoms in total. The van der Waals surface area contributed by atoms with Gasteiger partial charge in [0.25, 0.3) is 0 Å². The molecule has 0 saturated heterocycles. The van der Waals surface area contributed by atoms with Crippen molar-refractivity contribution >= 4 is 11.8 Å². The lowest BCUT2D eigenvalue weighted by Crippen LogP contribution is -2.11. The van der Waals surface area contributed by atoms with E-state index in [-0.39, 0.29) is 35.0 Å². The average molecular weight is 429 g/mol. The minimum atomic E-state index is -0.426. The van der Waals surface area contributed by atoms with E-state index in [1.165, 1.54) is 18.2 Å². The van der Waals surface area contributed by atoms with Crippen LogP contribution in [0.1, 0.15) is 63.4 Å². The van der Waals surface area contributed by atoms with Crippen molar-refractivity contribution in [1.82, 2.24) is 0 Å². The van der Waals surface area contributed by atoms with Crippen LogP contribution >= 0.6 is 0 Å². The molecule has 0 heterocycles. The Kier molecular flexibility index (Phi) is 8.91. The summed E-state index contributed by atoms with van der Waals surface area (Å²) in [4.78, 5) is 24.8. The number of aromatic hydroxyl groups is 1. The van der Waals surface area contributed by atoms with Crippen molar-refractivity contribution in [3.05, 3.63) is 47.5 Å². The molecule has 31 heavy (non-hydrogen) atoms. The third kappa shape index (κ3) is 7.31. The number of hydrogen-bond donors (Lipinski definition) is 1. The number of carbonyl (C=O) groups excluding carboxylic acids is 2. The lowest BCUT2D eigenvalue weighted by atomic mass is 10.0. The molecule has 0 saturated carbocycles. The summed E-state index contributed by atoms with van der Waals surface area (Å²) in [5.74, 6) is 0.896. The second-order valence-corrected chi connectivity index (χ2v) is 8.23. The molecule has 0 fully saturated rings. The first kappa shape index (κ1) is 24.3. The molecule has 0 atom stereocenters. The van der Waals surface area contributed by atoms with Crippen LogP contribution in [0.3, 0.4) is 0 Å². The van der Waals surface area contributed by atoms with E-state index in [9.17, 15) is 14.7 Å². The number of hydrogen-bond acceptors (Lipinski definition) is 6. The highest BCUT2D eigenvalue weighted by Gasteiger charge is 2.18. The summed E-state index contributed by atoms with van der Waals surface area (Å²) in [5, 5.41) is 10.4. The number of esters is 1. The standard InChI is InChI=1S/C25H32O6/c1-6-24(27)31-23-13-18(7-10-22(23)30-15-17(4)5)25(28)20-9-8-19(14-21(20)26)29-12-11-16(2)3/h7-10,13-14,16-17,26H,6,11-12,15H2,1-5H3. The fourth-order valence-corrected chi connectivity index (χ4v) is 2.66. The number of phenols is 1. The van der Waals surface area contributed by atoms with Gasteiger partial charge in [0, 0.05) is 18.1 Å². The maximum absolute atomic E-state index is 13.0. The summed E-state index contributed by atoms with van der Waals surface area (Å²) in [6, 6.07) is 9.29. The van der Waals surface area contributed by atoms with Crippen molar-refractivity contribution in [1.29, 1.82) is 0 Å². The van der Waals surface area contributed by atoms with Gasteiger partial charge in [-0.05, 0) is 48.6 Å². The second kappa shape index (κ2) is 11.4. The maximum Gasteiger partial charge on any atom is 0.311 e. The van der Waals surface area contributed by atoms with Crippen molar-refractivity contribution in [2.75, 3.05) is 13.2 Å². The van der Waals surface area contributed by atoms with Crippen LogP contribution in [0, 0.1) is 11.8 Å². The van der Waals surface area contributed by atoms with Gasteiger partial charge in [-0.15, -0.1) is 0 Å². The zero-order chi connectivity index (χ0) is 23.0. The van der Waals surface area contributed by atoms with Crippen LogP contribution in [0.2, 0.25) is 0 Å². The molecule has 2 rings (SSSR count). The van der Waals surface area contributed by atoms with Gasteiger partial charge >= 0.3 is 5.97 Å². The van der Waals surface area contributed by atoms with Crippen LogP contribution in [0.25, 0.3) is 0 Å². The molecule has 2 aromatic carbocycles. The molecule has 2 aromatic rings. The number of ketones is 1. The van der Waals surface area contributed by atoms with Crippen molar-refractivity contribution < 1.29 is 28.9 Å². The van der Waals surface area contributed by atoms with Crippen LogP contribution in [-0.2, 0) is 4.79 Å². The van der Waals surface area contributed by atoms with Gasteiger partial charge in [-0.2, -0.15) is 0 Å². The van der Waals surface area contributed by atoms with E-state index in [0.29, 0.717) is 30.6 Å². The first-order valence-electron chi connectivity index (χ1n) is 10.7. The highest BCUT2D eigenvalue weighted by atomic mass is 16.6. The third-order valence-electron chi connectivity index (χ3n) is 4.47. The van der Waals surface area contributed by atoms with Crippen LogP contribution < -0.4 is 14.2 Å². The predicted molar refractivity (Wildman–Crippen MR) is 119 cm³/mol. The normalized spacial score (nSPS) is 10.9. The Morgan fingerprint density at radius 1 is 0.935 bits per heavy atom. The largest absolute Gasteiger partial charge is 0.507 e. The number of benzene rings is 2. The van der Waals surface area contributed by atoms with Crippen molar-refractivity contribution in [3.8, 4) is 23.0 Å². The Labute approximate surface area is 184 Å². The minimum absolute atomic E-state index is 0.139. The van der Waals surface area contributed by atoms with E-state index in [4.69, 9.17) is 14.2 Å². The quantitative estimate of drug-likeness (QED) is 0.293. The fraction of sp³-hybridized carbons (Fsp3) is 0.440. The van der Waals surface area contributed by atoms with E-state index in [2.05, 4.69) is 13.8 Å². The SMILES string of the molecule is CCC(=O)Oc1cc(C(=O)c2ccc(OCCC(C)C)cc2O)ccc1OCC(C)C. The van der Waals surface area contributed by atoms with E-state index < -0.39 is 11.8 Å². The van der Waals surface area contributed by atoms with Gasteiger partial charge in [0.1, 0.15) is 11.5 Å². The Balaban J connectivity index is 2.25. The van der Waals surface area contributed by atoms with Crippen LogP contribution in [0.15, 0.2) is 36.4 Å². The maximum atomic E-state index is 13.0. The molecule has 0 amide bonds. The number of phenolic OH excluding ortho intramolecular Hbond substituents is 1. The summed E-state index contributed by atoms with van der Waals surface area (Å²) in [5.41, 5.74) is 0.416. The molecule has 168 valence electrons. The zero-order valence-electron chi connectivity index (χ0n) is 18.9. The summed E-state index contributed by atoms with van der Waals surface area (Å²) in [6.45, 7) is 10.9. The van der Waals surface area contributed by atoms with Crippen molar-refractivity contribution in [2.24, 2.45) is 11.8 Å². The van der Waals surface area contributed by atoms with Gasteiger partial charge in [-0.3, -0.25) is 9.59 Å². The Morgan fingerprint density at radius 3 is 2.29 bits per heavy atom. The van der Waals surface area contributed by atoms with Crippen molar-refractivity contribution in [2.45, 2.75) is 47.5 Å². The van der Waals surface area contributed by atoms with Crippen LogP contribution in [-0.4, -0.2) is 30.1 Å². The van der Waals surface area contributed by atoms with Gasteiger partial charge in [-0.25, -0.2) is 0 Å². The summed E-state index contributed by atoms with van der Waals surface area (Å²) >= 11 is 0. The first-order valence-corrected chi connectivity index (χ1v) is 10.7. The van der Waals surface area contributed by atoms with E-state index in [1.807, 2.05) is 13.8 Å². The minimum Gasteiger partial charge on any atom is -0.507 e. The van der Waals surface area contributed by atoms with Gasteiger partial charge in [-0.1, -0.05) is 34.6 Å². The fourth-order valence-electron chi connectivity index (χ4n) is 2.66.